The molecule has 5 heteroatoms. The van der Waals surface area contributed by atoms with Crippen LogP contribution in [0.4, 0.5) is 0 Å². The predicted molar refractivity (Wildman–Crippen MR) is 79.3 cm³/mol. The van der Waals surface area contributed by atoms with Crippen LogP contribution in [-0.2, 0) is 4.79 Å². The van der Waals surface area contributed by atoms with Crippen molar-refractivity contribution in [2.45, 2.75) is 53.1 Å². The molecule has 1 aliphatic rings. The lowest BCUT2D eigenvalue weighted by molar-refractivity contribution is -0.145. The third kappa shape index (κ3) is 3.61. The number of carbonyl (C=O) groups is 1. The Morgan fingerprint density at radius 3 is 2.47 bits per heavy atom. The number of carbonyl (C=O) groups excluding carboxylic acids is 1. The van der Waals surface area contributed by atoms with Crippen molar-refractivity contribution in [1.82, 2.24) is 15.1 Å². The summed E-state index contributed by atoms with van der Waals surface area (Å²) >= 11 is 0. The number of piperazine rings is 1. The maximum absolute atomic E-state index is 12.4. The van der Waals surface area contributed by atoms with Gasteiger partial charge in [-0.3, -0.25) is 9.79 Å². The topological polar surface area (TPSA) is 47.9 Å². The van der Waals surface area contributed by atoms with Crippen LogP contribution >= 0.6 is 0 Å². The minimum absolute atomic E-state index is 0.173. The lowest BCUT2D eigenvalue weighted by Gasteiger charge is -2.49. The molecule has 0 bridgehead atoms. The molecule has 0 spiro atoms. The third-order valence-electron chi connectivity index (χ3n) is 3.28. The second-order valence-corrected chi connectivity index (χ2v) is 5.85. The SMILES string of the molecule is CCN=C(NCC)N1CC(=O)N(C(C)C)C(C)(C)C1. The van der Waals surface area contributed by atoms with Crippen LogP contribution in [-0.4, -0.2) is 59.4 Å². The van der Waals surface area contributed by atoms with Crippen molar-refractivity contribution in [3.63, 3.8) is 0 Å². The molecule has 0 unspecified atom stereocenters. The number of rotatable bonds is 3. The van der Waals surface area contributed by atoms with Crippen molar-refractivity contribution in [3.05, 3.63) is 0 Å². The highest BCUT2D eigenvalue weighted by molar-refractivity contribution is 5.88. The molecular formula is C14H28N4O. The maximum atomic E-state index is 12.4. The summed E-state index contributed by atoms with van der Waals surface area (Å²) in [5.41, 5.74) is -0.173. The van der Waals surface area contributed by atoms with Gasteiger partial charge in [0.05, 0.1) is 12.1 Å². The van der Waals surface area contributed by atoms with Gasteiger partial charge in [-0.1, -0.05) is 0 Å². The molecule has 19 heavy (non-hydrogen) atoms. The Hall–Kier alpha value is -1.26. The summed E-state index contributed by atoms with van der Waals surface area (Å²) < 4.78 is 0. The molecule has 1 aliphatic heterocycles. The van der Waals surface area contributed by atoms with E-state index < -0.39 is 0 Å². The van der Waals surface area contributed by atoms with Gasteiger partial charge in [0.1, 0.15) is 0 Å². The molecule has 0 atom stereocenters. The Labute approximate surface area is 117 Å². The minimum atomic E-state index is -0.173. The Morgan fingerprint density at radius 2 is 2.05 bits per heavy atom. The molecule has 0 aromatic rings. The summed E-state index contributed by atoms with van der Waals surface area (Å²) in [6.07, 6.45) is 0. The van der Waals surface area contributed by atoms with Gasteiger partial charge in [0, 0.05) is 25.7 Å². The largest absolute Gasteiger partial charge is 0.357 e. The molecule has 1 rings (SSSR count). The van der Waals surface area contributed by atoms with Crippen molar-refractivity contribution in [2.24, 2.45) is 4.99 Å². The van der Waals surface area contributed by atoms with E-state index >= 15 is 0 Å². The molecule has 0 radical (unpaired) electrons. The number of amides is 1. The first-order chi connectivity index (χ1) is 8.83. The number of guanidine groups is 1. The van der Waals surface area contributed by atoms with Gasteiger partial charge in [-0.2, -0.15) is 0 Å². The molecule has 1 heterocycles. The van der Waals surface area contributed by atoms with Crippen LogP contribution in [0.25, 0.3) is 0 Å². The molecule has 110 valence electrons. The monoisotopic (exact) mass is 268 g/mol. The first-order valence-electron chi connectivity index (χ1n) is 7.19. The van der Waals surface area contributed by atoms with Crippen molar-refractivity contribution in [3.8, 4) is 0 Å². The molecule has 0 aromatic carbocycles. The maximum Gasteiger partial charge on any atom is 0.242 e. The average Bonchev–Trinajstić information content (AvgIpc) is 2.25. The van der Waals surface area contributed by atoms with Gasteiger partial charge < -0.3 is 15.1 Å². The van der Waals surface area contributed by atoms with Gasteiger partial charge in [-0.15, -0.1) is 0 Å². The van der Waals surface area contributed by atoms with Gasteiger partial charge in [0.15, 0.2) is 5.96 Å². The van der Waals surface area contributed by atoms with E-state index in [-0.39, 0.29) is 17.5 Å². The molecular weight excluding hydrogens is 240 g/mol. The van der Waals surface area contributed by atoms with Crippen LogP contribution in [0.3, 0.4) is 0 Å². The predicted octanol–water partition coefficient (Wildman–Crippen LogP) is 1.30. The Bertz CT molecular complexity index is 349. The number of hydrogen-bond acceptors (Lipinski definition) is 2. The summed E-state index contributed by atoms with van der Waals surface area (Å²) in [6.45, 7) is 15.2. The third-order valence-corrected chi connectivity index (χ3v) is 3.28. The standard InChI is InChI=1S/C14H28N4O/c1-7-15-13(16-8-2)17-9-12(19)18(11(3)4)14(5,6)10-17/h11H,7-10H2,1-6H3,(H,15,16). The number of aliphatic imine (C=N–C) groups is 1. The van der Waals surface area contributed by atoms with Gasteiger partial charge in [0.25, 0.3) is 0 Å². The second-order valence-electron chi connectivity index (χ2n) is 5.85. The summed E-state index contributed by atoms with van der Waals surface area (Å²) in [7, 11) is 0. The fourth-order valence-electron chi connectivity index (χ4n) is 2.89. The molecule has 1 fully saturated rings. The van der Waals surface area contributed by atoms with E-state index in [0.717, 1.165) is 25.6 Å². The zero-order chi connectivity index (χ0) is 14.6. The van der Waals surface area contributed by atoms with Gasteiger partial charge in [-0.25, -0.2) is 0 Å². The molecule has 0 aliphatic carbocycles. The van der Waals surface area contributed by atoms with E-state index in [9.17, 15) is 4.79 Å². The molecule has 0 saturated carbocycles. The Morgan fingerprint density at radius 1 is 1.42 bits per heavy atom. The summed E-state index contributed by atoms with van der Waals surface area (Å²) in [5.74, 6) is 1.02. The molecule has 1 N–H and O–H groups in total. The van der Waals surface area contributed by atoms with E-state index in [2.05, 4.69) is 42.9 Å². The highest BCUT2D eigenvalue weighted by Crippen LogP contribution is 2.24. The summed E-state index contributed by atoms with van der Waals surface area (Å²) in [6, 6.07) is 0.232. The minimum Gasteiger partial charge on any atom is -0.357 e. The van der Waals surface area contributed by atoms with Crippen LogP contribution in [0.1, 0.15) is 41.5 Å². The van der Waals surface area contributed by atoms with Gasteiger partial charge >= 0.3 is 0 Å². The average molecular weight is 268 g/mol. The van der Waals surface area contributed by atoms with Crippen LogP contribution in [0, 0.1) is 0 Å². The number of nitrogens with zero attached hydrogens (tertiary/aromatic N) is 3. The fraction of sp³-hybridized carbons (Fsp3) is 0.857. The van der Waals surface area contributed by atoms with E-state index in [1.54, 1.807) is 0 Å². The number of nitrogens with one attached hydrogen (secondary N) is 1. The zero-order valence-electron chi connectivity index (χ0n) is 13.2. The quantitative estimate of drug-likeness (QED) is 0.620. The highest BCUT2D eigenvalue weighted by atomic mass is 16.2. The van der Waals surface area contributed by atoms with Gasteiger partial charge in [-0.05, 0) is 41.5 Å². The second kappa shape index (κ2) is 6.26. The van der Waals surface area contributed by atoms with Gasteiger partial charge in [0.2, 0.25) is 5.91 Å². The lowest BCUT2D eigenvalue weighted by atomic mass is 9.96. The highest BCUT2D eigenvalue weighted by Gasteiger charge is 2.40. The van der Waals surface area contributed by atoms with Crippen molar-refractivity contribution < 1.29 is 4.79 Å². The number of hydrogen-bond donors (Lipinski definition) is 1. The first-order valence-corrected chi connectivity index (χ1v) is 7.19. The van der Waals surface area contributed by atoms with Crippen molar-refractivity contribution >= 4 is 11.9 Å². The molecule has 5 nitrogen and oxygen atoms in total. The van der Waals surface area contributed by atoms with Crippen LogP contribution in [0.5, 0.6) is 0 Å². The Kier molecular flexibility index (Phi) is 5.20. The normalized spacial score (nSPS) is 20.2. The van der Waals surface area contributed by atoms with E-state index in [0.29, 0.717) is 6.54 Å². The van der Waals surface area contributed by atoms with Crippen LogP contribution < -0.4 is 5.32 Å². The zero-order valence-corrected chi connectivity index (χ0v) is 13.2. The molecule has 0 aromatic heterocycles. The van der Waals surface area contributed by atoms with Crippen LogP contribution in [0.2, 0.25) is 0 Å². The van der Waals surface area contributed by atoms with E-state index in [1.807, 2.05) is 18.7 Å². The molecule has 1 amide bonds. The van der Waals surface area contributed by atoms with E-state index in [1.165, 1.54) is 0 Å². The fourth-order valence-corrected chi connectivity index (χ4v) is 2.89. The van der Waals surface area contributed by atoms with Crippen molar-refractivity contribution in [1.29, 1.82) is 0 Å². The van der Waals surface area contributed by atoms with Crippen LogP contribution in [0.15, 0.2) is 4.99 Å². The summed E-state index contributed by atoms with van der Waals surface area (Å²) in [4.78, 5) is 20.9. The van der Waals surface area contributed by atoms with Crippen molar-refractivity contribution in [2.75, 3.05) is 26.2 Å². The molecule has 1 saturated heterocycles. The summed E-state index contributed by atoms with van der Waals surface area (Å²) in [5, 5.41) is 3.26. The lowest BCUT2D eigenvalue weighted by Crippen LogP contribution is -2.66. The smallest absolute Gasteiger partial charge is 0.242 e. The van der Waals surface area contributed by atoms with E-state index in [4.69, 9.17) is 0 Å². The first kappa shape index (κ1) is 15.8. The Balaban J connectivity index is 2.93.